The van der Waals surface area contributed by atoms with Crippen molar-refractivity contribution in [2.45, 2.75) is 45.2 Å². The maximum absolute atomic E-state index is 12.9. The number of carbonyl (C=O) groups excluding carboxylic acids is 2. The van der Waals surface area contributed by atoms with E-state index in [2.05, 4.69) is 22.8 Å². The van der Waals surface area contributed by atoms with Crippen LogP contribution in [0.2, 0.25) is 0 Å². The van der Waals surface area contributed by atoms with Gasteiger partial charge in [-0.05, 0) is 46.1 Å². The number of hydrogen-bond acceptors (Lipinski definition) is 5. The predicted molar refractivity (Wildman–Crippen MR) is 134 cm³/mol. The van der Waals surface area contributed by atoms with E-state index in [1.807, 2.05) is 42.7 Å². The van der Waals surface area contributed by atoms with E-state index in [4.69, 9.17) is 4.74 Å². The molecule has 7 nitrogen and oxygen atoms in total. The maximum Gasteiger partial charge on any atom is 0.407 e. The molecule has 3 rings (SSSR count). The van der Waals surface area contributed by atoms with Crippen LogP contribution in [0.25, 0.3) is 11.1 Å². The Hall–Kier alpha value is -3.00. The van der Waals surface area contributed by atoms with Crippen LogP contribution in [0, 0.1) is 5.41 Å². The molecule has 182 valence electrons. The number of carboxylic acid groups (broad SMARTS) is 1. The summed E-state index contributed by atoms with van der Waals surface area (Å²) in [6, 6.07) is 14.1. The Morgan fingerprint density at radius 3 is 2.06 bits per heavy atom. The van der Waals surface area contributed by atoms with Crippen LogP contribution in [0.1, 0.15) is 44.2 Å². The van der Waals surface area contributed by atoms with Crippen LogP contribution in [-0.2, 0) is 14.3 Å². The number of rotatable bonds is 9. The molecular weight excluding hydrogens is 452 g/mol. The largest absolute Gasteiger partial charge is 0.480 e. The molecular formula is C26H32N2O5S. The highest BCUT2D eigenvalue weighted by atomic mass is 32.2. The van der Waals surface area contributed by atoms with Crippen molar-refractivity contribution in [1.29, 1.82) is 0 Å². The summed E-state index contributed by atoms with van der Waals surface area (Å²) in [7, 11) is 0. The molecule has 2 aromatic carbocycles. The summed E-state index contributed by atoms with van der Waals surface area (Å²) < 4.78 is 5.58. The second-order valence-corrected chi connectivity index (χ2v) is 10.4. The fourth-order valence-electron chi connectivity index (χ4n) is 4.18. The summed E-state index contributed by atoms with van der Waals surface area (Å²) in [5, 5.41) is 14.7. The Bertz CT molecular complexity index is 1000. The molecule has 34 heavy (non-hydrogen) atoms. The first-order valence-electron chi connectivity index (χ1n) is 11.3. The van der Waals surface area contributed by atoms with Crippen molar-refractivity contribution in [2.24, 2.45) is 5.41 Å². The number of carboxylic acids is 1. The number of benzene rings is 2. The smallest absolute Gasteiger partial charge is 0.407 e. The third-order valence-corrected chi connectivity index (χ3v) is 6.60. The highest BCUT2D eigenvalue weighted by Crippen LogP contribution is 2.44. The quantitative estimate of drug-likeness (QED) is 0.491. The zero-order valence-electron chi connectivity index (χ0n) is 20.0. The Kier molecular flexibility index (Phi) is 8.25. The molecule has 0 radical (unpaired) electrons. The summed E-state index contributed by atoms with van der Waals surface area (Å²) in [5.74, 6) is -1.15. The minimum atomic E-state index is -1.10. The van der Waals surface area contributed by atoms with Gasteiger partial charge in [-0.2, -0.15) is 11.8 Å². The first-order valence-corrected chi connectivity index (χ1v) is 12.7. The minimum Gasteiger partial charge on any atom is -0.480 e. The van der Waals surface area contributed by atoms with E-state index >= 15 is 0 Å². The van der Waals surface area contributed by atoms with Crippen LogP contribution < -0.4 is 10.6 Å². The van der Waals surface area contributed by atoms with E-state index in [1.165, 1.54) is 11.8 Å². The van der Waals surface area contributed by atoms with Crippen molar-refractivity contribution < 1.29 is 24.2 Å². The molecule has 0 spiro atoms. The number of carbonyl (C=O) groups is 3. The molecule has 0 heterocycles. The number of nitrogens with one attached hydrogen (secondary N) is 2. The molecule has 2 amide bonds. The van der Waals surface area contributed by atoms with Crippen molar-refractivity contribution in [3.8, 4) is 11.1 Å². The number of fused-ring (bicyclic) bond motifs is 3. The minimum absolute atomic E-state index is 0.0944. The summed E-state index contributed by atoms with van der Waals surface area (Å²) in [5.41, 5.74) is 3.80. The molecule has 8 heteroatoms. The van der Waals surface area contributed by atoms with Gasteiger partial charge in [-0.25, -0.2) is 9.59 Å². The van der Waals surface area contributed by atoms with Crippen LogP contribution in [0.15, 0.2) is 48.5 Å². The van der Waals surface area contributed by atoms with E-state index in [1.54, 1.807) is 20.8 Å². The third-order valence-electron chi connectivity index (χ3n) is 5.96. The first-order chi connectivity index (χ1) is 16.1. The van der Waals surface area contributed by atoms with Gasteiger partial charge in [-0.1, -0.05) is 69.3 Å². The Balaban J connectivity index is 1.68. The lowest BCUT2D eigenvalue weighted by atomic mass is 9.86. The van der Waals surface area contributed by atoms with E-state index < -0.39 is 35.5 Å². The highest BCUT2D eigenvalue weighted by Gasteiger charge is 2.36. The SMILES string of the molecule is CSCCC(NC(=O)[C@H](NC(=O)OCC1c2ccccc2-c2ccccc21)C(C)(C)C)C(=O)O. The lowest BCUT2D eigenvalue weighted by molar-refractivity contribution is -0.142. The van der Waals surface area contributed by atoms with Gasteiger partial charge in [0, 0.05) is 5.92 Å². The normalized spacial score (nSPS) is 14.5. The zero-order chi connectivity index (χ0) is 24.9. The van der Waals surface area contributed by atoms with Crippen molar-refractivity contribution >= 4 is 29.7 Å². The summed E-state index contributed by atoms with van der Waals surface area (Å²) >= 11 is 1.50. The molecule has 0 aromatic heterocycles. The molecule has 3 N–H and O–H groups in total. The number of hydrogen-bond donors (Lipinski definition) is 3. The van der Waals surface area contributed by atoms with Gasteiger partial charge in [0.05, 0.1) is 0 Å². The summed E-state index contributed by atoms with van der Waals surface area (Å²) in [4.78, 5) is 37.2. The van der Waals surface area contributed by atoms with Gasteiger partial charge in [-0.3, -0.25) is 4.79 Å². The molecule has 0 aliphatic heterocycles. The molecule has 2 aromatic rings. The predicted octanol–water partition coefficient (Wildman–Crippen LogP) is 4.26. The van der Waals surface area contributed by atoms with Crippen LogP contribution in [0.4, 0.5) is 4.79 Å². The summed E-state index contributed by atoms with van der Waals surface area (Å²) in [6.07, 6.45) is 1.45. The Labute approximate surface area is 204 Å². The first kappa shape index (κ1) is 25.6. The van der Waals surface area contributed by atoms with Crippen LogP contribution in [0.3, 0.4) is 0 Å². The van der Waals surface area contributed by atoms with Crippen molar-refractivity contribution in [2.75, 3.05) is 18.6 Å². The van der Waals surface area contributed by atoms with Gasteiger partial charge in [-0.15, -0.1) is 0 Å². The van der Waals surface area contributed by atoms with Gasteiger partial charge in [0.15, 0.2) is 0 Å². The number of alkyl carbamates (subject to hydrolysis) is 1. The van der Waals surface area contributed by atoms with E-state index in [0.717, 1.165) is 22.3 Å². The molecule has 1 aliphatic rings. The monoisotopic (exact) mass is 484 g/mol. The fourth-order valence-corrected chi connectivity index (χ4v) is 4.65. The second-order valence-electron chi connectivity index (χ2n) is 9.45. The van der Waals surface area contributed by atoms with E-state index in [-0.39, 0.29) is 12.5 Å². The van der Waals surface area contributed by atoms with Gasteiger partial charge in [0.1, 0.15) is 18.7 Å². The van der Waals surface area contributed by atoms with Crippen molar-refractivity contribution in [3.05, 3.63) is 59.7 Å². The van der Waals surface area contributed by atoms with Crippen molar-refractivity contribution in [3.63, 3.8) is 0 Å². The molecule has 1 unspecified atom stereocenters. The lowest BCUT2D eigenvalue weighted by Gasteiger charge is -2.31. The molecule has 0 saturated heterocycles. The molecule has 0 saturated carbocycles. The van der Waals surface area contributed by atoms with Gasteiger partial charge < -0.3 is 20.5 Å². The average Bonchev–Trinajstić information content (AvgIpc) is 3.11. The average molecular weight is 485 g/mol. The second kappa shape index (κ2) is 11.0. The van der Waals surface area contributed by atoms with E-state index in [9.17, 15) is 19.5 Å². The third kappa shape index (κ3) is 5.91. The Morgan fingerprint density at radius 1 is 1.00 bits per heavy atom. The van der Waals surface area contributed by atoms with Crippen molar-refractivity contribution in [1.82, 2.24) is 10.6 Å². The zero-order valence-corrected chi connectivity index (χ0v) is 20.8. The number of thioether (sulfide) groups is 1. The van der Waals surface area contributed by atoms with Gasteiger partial charge in [0.2, 0.25) is 5.91 Å². The molecule has 1 aliphatic carbocycles. The topological polar surface area (TPSA) is 105 Å². The maximum atomic E-state index is 12.9. The van der Waals surface area contributed by atoms with Gasteiger partial charge >= 0.3 is 12.1 Å². The fraction of sp³-hybridized carbons (Fsp3) is 0.423. The van der Waals surface area contributed by atoms with Crippen LogP contribution in [0.5, 0.6) is 0 Å². The molecule has 0 fully saturated rings. The highest BCUT2D eigenvalue weighted by molar-refractivity contribution is 7.98. The number of amides is 2. The van der Waals surface area contributed by atoms with Gasteiger partial charge in [0.25, 0.3) is 0 Å². The standard InChI is InChI=1S/C26H32N2O5S/c1-26(2,3)22(23(29)27-21(24(30)31)13-14-34-4)28-25(32)33-15-20-18-11-7-5-9-16(18)17-10-6-8-12-19(17)20/h5-12,20-22H,13-15H2,1-4H3,(H,27,29)(H,28,32)(H,30,31)/t21?,22-/m0/s1. The Morgan fingerprint density at radius 2 is 1.56 bits per heavy atom. The number of aliphatic carboxylic acids is 1. The molecule has 0 bridgehead atoms. The number of ether oxygens (including phenoxy) is 1. The lowest BCUT2D eigenvalue weighted by Crippen LogP contribution is -2.56. The van der Waals surface area contributed by atoms with Crippen LogP contribution in [-0.4, -0.2) is 53.8 Å². The summed E-state index contributed by atoms with van der Waals surface area (Å²) in [6.45, 7) is 5.54. The van der Waals surface area contributed by atoms with Crippen LogP contribution >= 0.6 is 11.8 Å². The molecule has 2 atom stereocenters. The van der Waals surface area contributed by atoms with E-state index in [0.29, 0.717) is 12.2 Å².